The number of nitrogens with zero attached hydrogens (tertiary/aromatic N) is 1. The number of benzene rings is 1. The van der Waals surface area contributed by atoms with Crippen LogP contribution in [0.4, 0.5) is 4.39 Å². The van der Waals surface area contributed by atoms with Gasteiger partial charge in [0, 0.05) is 30.1 Å². The van der Waals surface area contributed by atoms with Gasteiger partial charge in [-0.25, -0.2) is 9.37 Å². The molecule has 0 saturated heterocycles. The Morgan fingerprint density at radius 1 is 1.28 bits per heavy atom. The van der Waals surface area contributed by atoms with Crippen LogP contribution in [0, 0.1) is 5.82 Å². The first-order chi connectivity index (χ1) is 8.63. The molecule has 0 aliphatic heterocycles. The second-order valence-electron chi connectivity index (χ2n) is 4.56. The van der Waals surface area contributed by atoms with Gasteiger partial charge in [-0.3, -0.25) is 0 Å². The molecule has 4 heteroatoms. The molecule has 1 heterocycles. The van der Waals surface area contributed by atoms with E-state index in [2.05, 4.69) is 24.1 Å². The van der Waals surface area contributed by atoms with Crippen LogP contribution in [-0.2, 0) is 13.0 Å². The number of hydrogen-bond donors (Lipinski definition) is 1. The lowest BCUT2D eigenvalue weighted by atomic mass is 10.2. The molecule has 0 atom stereocenters. The number of halogens is 1. The van der Waals surface area contributed by atoms with Crippen molar-refractivity contribution in [2.75, 3.05) is 0 Å². The van der Waals surface area contributed by atoms with Crippen molar-refractivity contribution in [3.63, 3.8) is 0 Å². The van der Waals surface area contributed by atoms with Crippen LogP contribution in [0.15, 0.2) is 30.5 Å². The minimum absolute atomic E-state index is 0.195. The zero-order valence-electron chi connectivity index (χ0n) is 10.6. The van der Waals surface area contributed by atoms with E-state index in [4.69, 9.17) is 0 Å². The Morgan fingerprint density at radius 3 is 2.67 bits per heavy atom. The van der Waals surface area contributed by atoms with E-state index >= 15 is 0 Å². The summed E-state index contributed by atoms with van der Waals surface area (Å²) in [7, 11) is 0. The SMILES string of the molecule is CC(C)NCc1cnc(Cc2ccc(F)cc2)s1. The molecule has 0 radical (unpaired) electrons. The van der Waals surface area contributed by atoms with E-state index in [1.807, 2.05) is 18.3 Å². The van der Waals surface area contributed by atoms with Crippen molar-refractivity contribution in [2.45, 2.75) is 32.9 Å². The molecule has 18 heavy (non-hydrogen) atoms. The van der Waals surface area contributed by atoms with Crippen LogP contribution in [-0.4, -0.2) is 11.0 Å². The zero-order valence-corrected chi connectivity index (χ0v) is 11.4. The molecule has 0 bridgehead atoms. The minimum Gasteiger partial charge on any atom is -0.310 e. The van der Waals surface area contributed by atoms with Crippen LogP contribution in [0.25, 0.3) is 0 Å². The van der Waals surface area contributed by atoms with E-state index in [9.17, 15) is 4.39 Å². The van der Waals surface area contributed by atoms with Gasteiger partial charge in [0.05, 0.1) is 5.01 Å². The summed E-state index contributed by atoms with van der Waals surface area (Å²) in [4.78, 5) is 5.63. The summed E-state index contributed by atoms with van der Waals surface area (Å²) < 4.78 is 12.8. The predicted octanol–water partition coefficient (Wildman–Crippen LogP) is 3.37. The Balaban J connectivity index is 1.95. The third kappa shape index (κ3) is 3.89. The third-order valence-electron chi connectivity index (χ3n) is 2.55. The fourth-order valence-electron chi connectivity index (χ4n) is 1.59. The fourth-order valence-corrected chi connectivity index (χ4v) is 2.50. The highest BCUT2D eigenvalue weighted by molar-refractivity contribution is 7.11. The molecule has 0 aliphatic rings. The summed E-state index contributed by atoms with van der Waals surface area (Å²) in [5.41, 5.74) is 1.09. The number of nitrogens with one attached hydrogen (secondary N) is 1. The van der Waals surface area contributed by atoms with Crippen LogP contribution in [0.2, 0.25) is 0 Å². The van der Waals surface area contributed by atoms with Gasteiger partial charge in [-0.15, -0.1) is 11.3 Å². The Hall–Kier alpha value is -1.26. The third-order valence-corrected chi connectivity index (χ3v) is 3.55. The number of thiazole rings is 1. The Labute approximate surface area is 111 Å². The molecule has 0 spiro atoms. The monoisotopic (exact) mass is 264 g/mol. The van der Waals surface area contributed by atoms with Crippen molar-refractivity contribution in [2.24, 2.45) is 0 Å². The summed E-state index contributed by atoms with van der Waals surface area (Å²) in [5, 5.41) is 4.44. The van der Waals surface area contributed by atoms with Crippen LogP contribution in [0.5, 0.6) is 0 Å². The molecule has 2 rings (SSSR count). The van der Waals surface area contributed by atoms with E-state index in [1.165, 1.54) is 17.0 Å². The lowest BCUT2D eigenvalue weighted by molar-refractivity contribution is 0.593. The van der Waals surface area contributed by atoms with Crippen molar-refractivity contribution < 1.29 is 4.39 Å². The molecular formula is C14H17FN2S. The van der Waals surface area contributed by atoms with Gasteiger partial charge in [0.1, 0.15) is 5.82 Å². The normalized spacial score (nSPS) is 11.1. The molecule has 2 nitrogen and oxygen atoms in total. The fraction of sp³-hybridized carbons (Fsp3) is 0.357. The molecule has 1 N–H and O–H groups in total. The van der Waals surface area contributed by atoms with E-state index in [0.717, 1.165) is 23.5 Å². The minimum atomic E-state index is -0.195. The lowest BCUT2D eigenvalue weighted by Crippen LogP contribution is -2.21. The van der Waals surface area contributed by atoms with Crippen LogP contribution in [0.3, 0.4) is 0 Å². The number of hydrogen-bond acceptors (Lipinski definition) is 3. The Bertz CT molecular complexity index is 491. The van der Waals surface area contributed by atoms with Gasteiger partial charge in [0.25, 0.3) is 0 Å². The van der Waals surface area contributed by atoms with Crippen LogP contribution >= 0.6 is 11.3 Å². The first-order valence-corrected chi connectivity index (χ1v) is 6.86. The highest BCUT2D eigenvalue weighted by atomic mass is 32.1. The van der Waals surface area contributed by atoms with E-state index in [1.54, 1.807) is 11.3 Å². The van der Waals surface area contributed by atoms with Gasteiger partial charge in [0.15, 0.2) is 0 Å². The Morgan fingerprint density at radius 2 is 2.00 bits per heavy atom. The molecular weight excluding hydrogens is 247 g/mol. The van der Waals surface area contributed by atoms with Gasteiger partial charge >= 0.3 is 0 Å². The largest absolute Gasteiger partial charge is 0.310 e. The summed E-state index contributed by atoms with van der Waals surface area (Å²) in [6.07, 6.45) is 2.69. The van der Waals surface area contributed by atoms with Crippen LogP contribution < -0.4 is 5.32 Å². The lowest BCUT2D eigenvalue weighted by Gasteiger charge is -2.04. The van der Waals surface area contributed by atoms with Crippen molar-refractivity contribution in [3.8, 4) is 0 Å². The summed E-state index contributed by atoms with van der Waals surface area (Å²) in [5.74, 6) is -0.195. The maximum atomic E-state index is 12.8. The predicted molar refractivity (Wildman–Crippen MR) is 73.3 cm³/mol. The molecule has 1 aromatic heterocycles. The molecule has 1 aromatic carbocycles. The zero-order chi connectivity index (χ0) is 13.0. The van der Waals surface area contributed by atoms with Gasteiger partial charge in [-0.05, 0) is 17.7 Å². The molecule has 0 unspecified atom stereocenters. The van der Waals surface area contributed by atoms with E-state index in [0.29, 0.717) is 6.04 Å². The van der Waals surface area contributed by atoms with E-state index < -0.39 is 0 Å². The molecule has 0 fully saturated rings. The quantitative estimate of drug-likeness (QED) is 0.895. The van der Waals surface area contributed by atoms with Gasteiger partial charge < -0.3 is 5.32 Å². The standard InChI is InChI=1S/C14H17FN2S/c1-10(2)16-8-13-9-17-14(18-13)7-11-3-5-12(15)6-4-11/h3-6,9-10,16H,7-8H2,1-2H3. The average Bonchev–Trinajstić information content (AvgIpc) is 2.77. The Kier molecular flexibility index (Phi) is 4.44. The summed E-state index contributed by atoms with van der Waals surface area (Å²) in [6.45, 7) is 5.11. The van der Waals surface area contributed by atoms with Crippen molar-refractivity contribution in [1.29, 1.82) is 0 Å². The van der Waals surface area contributed by atoms with E-state index in [-0.39, 0.29) is 5.82 Å². The van der Waals surface area contributed by atoms with Crippen LogP contribution in [0.1, 0.15) is 29.3 Å². The number of aromatic nitrogens is 1. The van der Waals surface area contributed by atoms with Crippen molar-refractivity contribution in [1.82, 2.24) is 10.3 Å². The van der Waals surface area contributed by atoms with Gasteiger partial charge in [-0.1, -0.05) is 26.0 Å². The second-order valence-corrected chi connectivity index (χ2v) is 5.76. The van der Waals surface area contributed by atoms with Crippen molar-refractivity contribution in [3.05, 3.63) is 51.7 Å². The smallest absolute Gasteiger partial charge is 0.123 e. The average molecular weight is 264 g/mol. The maximum absolute atomic E-state index is 12.8. The van der Waals surface area contributed by atoms with Gasteiger partial charge in [-0.2, -0.15) is 0 Å². The second kappa shape index (κ2) is 6.07. The molecule has 0 aliphatic carbocycles. The van der Waals surface area contributed by atoms with Gasteiger partial charge in [0.2, 0.25) is 0 Å². The highest BCUT2D eigenvalue weighted by Gasteiger charge is 2.04. The maximum Gasteiger partial charge on any atom is 0.123 e. The molecule has 0 saturated carbocycles. The molecule has 2 aromatic rings. The highest BCUT2D eigenvalue weighted by Crippen LogP contribution is 2.17. The topological polar surface area (TPSA) is 24.9 Å². The number of rotatable bonds is 5. The summed E-state index contributed by atoms with van der Waals surface area (Å²) in [6, 6.07) is 7.08. The molecule has 0 amide bonds. The first kappa shape index (κ1) is 13.2. The summed E-state index contributed by atoms with van der Waals surface area (Å²) >= 11 is 1.71. The molecule has 96 valence electrons. The van der Waals surface area contributed by atoms with Crippen molar-refractivity contribution >= 4 is 11.3 Å². The first-order valence-electron chi connectivity index (χ1n) is 6.05.